The Hall–Kier alpha value is -2.41. The molecule has 2 rings (SSSR count). The van der Waals surface area contributed by atoms with Crippen LogP contribution in [-0.2, 0) is 0 Å². The number of rotatable bonds is 8. The molecule has 0 unspecified atom stereocenters. The van der Waals surface area contributed by atoms with Gasteiger partial charge in [0.05, 0.1) is 16.6 Å². The number of pyridine rings is 1. The number of hydrogen-bond donors (Lipinski definition) is 2. The summed E-state index contributed by atoms with van der Waals surface area (Å²) < 4.78 is 6.17. The molecule has 0 bridgehead atoms. The first-order valence-corrected chi connectivity index (χ1v) is 9.22. The molecule has 0 spiro atoms. The van der Waals surface area contributed by atoms with Crippen LogP contribution in [0.1, 0.15) is 39.8 Å². The van der Waals surface area contributed by atoms with Crippen molar-refractivity contribution in [1.82, 2.24) is 15.6 Å². The number of carbonyl (C=O) groups excluding carboxylic acids is 2. The number of ether oxygens (including phenoxy) is 1. The Kier molecular flexibility index (Phi) is 7.59. The van der Waals surface area contributed by atoms with E-state index in [-0.39, 0.29) is 11.8 Å². The van der Waals surface area contributed by atoms with E-state index >= 15 is 0 Å². The summed E-state index contributed by atoms with van der Waals surface area (Å²) in [4.78, 5) is 28.2. The highest BCUT2D eigenvalue weighted by Crippen LogP contribution is 2.25. The molecule has 0 fully saturated rings. The molecule has 7 heteroatoms. The van der Waals surface area contributed by atoms with Crippen molar-refractivity contribution < 1.29 is 14.3 Å². The molecule has 26 heavy (non-hydrogen) atoms. The van der Waals surface area contributed by atoms with E-state index in [1.54, 1.807) is 36.5 Å². The topological polar surface area (TPSA) is 80.3 Å². The van der Waals surface area contributed by atoms with Gasteiger partial charge in [0, 0.05) is 30.5 Å². The van der Waals surface area contributed by atoms with E-state index < -0.39 is 0 Å². The number of nitrogens with zero attached hydrogens (tertiary/aromatic N) is 1. The number of carbonyl (C=O) groups is 2. The van der Waals surface area contributed by atoms with E-state index in [1.165, 1.54) is 0 Å². The normalized spacial score (nSPS) is 10.3. The zero-order valence-electron chi connectivity index (χ0n) is 14.8. The maximum atomic E-state index is 12.1. The predicted molar refractivity (Wildman–Crippen MR) is 104 cm³/mol. The summed E-state index contributed by atoms with van der Waals surface area (Å²) in [7, 11) is 0. The van der Waals surface area contributed by atoms with Crippen LogP contribution in [0.15, 0.2) is 41.0 Å². The molecule has 0 aliphatic heterocycles. The number of benzene rings is 1. The van der Waals surface area contributed by atoms with Crippen molar-refractivity contribution in [3.8, 4) is 5.75 Å². The van der Waals surface area contributed by atoms with Gasteiger partial charge >= 0.3 is 0 Å². The van der Waals surface area contributed by atoms with Gasteiger partial charge in [-0.2, -0.15) is 0 Å². The van der Waals surface area contributed by atoms with Crippen LogP contribution in [0.2, 0.25) is 0 Å². The van der Waals surface area contributed by atoms with Crippen molar-refractivity contribution in [1.29, 1.82) is 0 Å². The van der Waals surface area contributed by atoms with Gasteiger partial charge in [-0.3, -0.25) is 14.6 Å². The van der Waals surface area contributed by atoms with Crippen LogP contribution in [0.5, 0.6) is 5.75 Å². The first kappa shape index (κ1) is 19.9. The first-order valence-electron chi connectivity index (χ1n) is 8.42. The Balaban J connectivity index is 1.72. The van der Waals surface area contributed by atoms with Gasteiger partial charge in [-0.25, -0.2) is 0 Å². The molecule has 1 aromatic heterocycles. The second-order valence-electron chi connectivity index (χ2n) is 5.63. The lowest BCUT2D eigenvalue weighted by molar-refractivity contribution is 0.0951. The number of amides is 2. The zero-order valence-corrected chi connectivity index (χ0v) is 16.4. The molecule has 1 heterocycles. The summed E-state index contributed by atoms with van der Waals surface area (Å²) in [5.41, 5.74) is 1.94. The fraction of sp³-hybridized carbons (Fsp3) is 0.316. The van der Waals surface area contributed by atoms with E-state index in [4.69, 9.17) is 4.74 Å². The third-order valence-electron chi connectivity index (χ3n) is 3.59. The fourth-order valence-electron chi connectivity index (χ4n) is 2.21. The second kappa shape index (κ2) is 9.91. The molecule has 0 aliphatic carbocycles. The van der Waals surface area contributed by atoms with Gasteiger partial charge in [-0.15, -0.1) is 0 Å². The van der Waals surface area contributed by atoms with Crippen LogP contribution >= 0.6 is 15.9 Å². The number of halogens is 1. The third-order valence-corrected chi connectivity index (χ3v) is 4.21. The average Bonchev–Trinajstić information content (AvgIpc) is 2.63. The Bertz CT molecular complexity index is 763. The highest BCUT2D eigenvalue weighted by molar-refractivity contribution is 9.10. The first-order chi connectivity index (χ1) is 12.5. The van der Waals surface area contributed by atoms with Crippen LogP contribution < -0.4 is 15.4 Å². The molecule has 1 aromatic carbocycles. The van der Waals surface area contributed by atoms with E-state index in [0.717, 1.165) is 10.2 Å². The molecule has 0 saturated carbocycles. The molecule has 2 aromatic rings. The Labute approximate surface area is 161 Å². The Morgan fingerprint density at radius 2 is 1.73 bits per heavy atom. The van der Waals surface area contributed by atoms with Gasteiger partial charge in [0.1, 0.15) is 5.75 Å². The van der Waals surface area contributed by atoms with Crippen LogP contribution in [0, 0.1) is 6.92 Å². The molecule has 138 valence electrons. The van der Waals surface area contributed by atoms with Gasteiger partial charge in [-0.1, -0.05) is 0 Å². The van der Waals surface area contributed by atoms with Crippen molar-refractivity contribution in [2.75, 3.05) is 19.7 Å². The number of aromatic nitrogens is 1. The van der Waals surface area contributed by atoms with Crippen LogP contribution in [-0.4, -0.2) is 36.5 Å². The maximum Gasteiger partial charge on any atom is 0.252 e. The smallest absolute Gasteiger partial charge is 0.252 e. The molecule has 0 atom stereocenters. The Morgan fingerprint density at radius 3 is 2.31 bits per heavy atom. The van der Waals surface area contributed by atoms with Crippen molar-refractivity contribution in [3.63, 3.8) is 0 Å². The van der Waals surface area contributed by atoms with Gasteiger partial charge < -0.3 is 15.4 Å². The minimum Gasteiger partial charge on any atom is -0.493 e. The zero-order chi connectivity index (χ0) is 18.9. The molecular formula is C19H22BrN3O3. The van der Waals surface area contributed by atoms with Crippen molar-refractivity contribution in [2.24, 2.45) is 0 Å². The molecule has 0 aliphatic rings. The monoisotopic (exact) mass is 419 g/mol. The highest BCUT2D eigenvalue weighted by atomic mass is 79.9. The third kappa shape index (κ3) is 5.84. The molecule has 6 nitrogen and oxygen atoms in total. The summed E-state index contributed by atoms with van der Waals surface area (Å²) in [5, 5.41) is 5.64. The largest absolute Gasteiger partial charge is 0.493 e. The van der Waals surface area contributed by atoms with E-state index in [0.29, 0.717) is 43.0 Å². The average molecular weight is 420 g/mol. The molecule has 2 amide bonds. The Morgan fingerprint density at radius 1 is 1.08 bits per heavy atom. The van der Waals surface area contributed by atoms with E-state index in [1.807, 2.05) is 13.8 Å². The summed E-state index contributed by atoms with van der Waals surface area (Å²) in [6.45, 7) is 5.28. The molecule has 2 N–H and O–H groups in total. The van der Waals surface area contributed by atoms with Crippen molar-refractivity contribution >= 4 is 27.7 Å². The van der Waals surface area contributed by atoms with Gasteiger partial charge in [0.15, 0.2) is 0 Å². The van der Waals surface area contributed by atoms with Crippen LogP contribution in [0.25, 0.3) is 0 Å². The summed E-state index contributed by atoms with van der Waals surface area (Å²) in [6, 6.07) is 8.75. The predicted octanol–water partition coefficient (Wildman–Crippen LogP) is 3.10. The van der Waals surface area contributed by atoms with Crippen molar-refractivity contribution in [2.45, 2.75) is 20.3 Å². The minimum absolute atomic E-state index is 0.164. The minimum atomic E-state index is -0.167. The number of aryl methyl sites for hydroxylation is 1. The van der Waals surface area contributed by atoms with Crippen LogP contribution in [0.3, 0.4) is 0 Å². The molecule has 0 saturated heterocycles. The number of hydrogen-bond acceptors (Lipinski definition) is 4. The van der Waals surface area contributed by atoms with E-state index in [9.17, 15) is 9.59 Å². The molecule has 0 radical (unpaired) electrons. The lowest BCUT2D eigenvalue weighted by Crippen LogP contribution is -2.30. The fourth-order valence-corrected chi connectivity index (χ4v) is 2.71. The van der Waals surface area contributed by atoms with Gasteiger partial charge in [-0.05, 0) is 66.5 Å². The summed E-state index contributed by atoms with van der Waals surface area (Å²) >= 11 is 3.39. The SMILES string of the molecule is CCOc1ccc(C(=O)NCCCNC(=O)c2ccc(C)nc2)cc1Br. The lowest BCUT2D eigenvalue weighted by atomic mass is 10.2. The number of nitrogens with one attached hydrogen (secondary N) is 2. The lowest BCUT2D eigenvalue weighted by Gasteiger charge is -2.09. The summed E-state index contributed by atoms with van der Waals surface area (Å²) in [6.07, 6.45) is 2.19. The van der Waals surface area contributed by atoms with Crippen LogP contribution in [0.4, 0.5) is 0 Å². The summed E-state index contributed by atoms with van der Waals surface area (Å²) in [5.74, 6) is 0.374. The van der Waals surface area contributed by atoms with Gasteiger partial charge in [0.2, 0.25) is 0 Å². The quantitative estimate of drug-likeness (QED) is 0.644. The standard InChI is InChI=1S/C19H22BrN3O3/c1-3-26-17-8-7-14(11-16(17)20)18(24)21-9-4-10-22-19(25)15-6-5-13(2)23-12-15/h5-8,11-12H,3-4,9-10H2,1-2H3,(H,21,24)(H,22,25). The maximum absolute atomic E-state index is 12.1. The molecular weight excluding hydrogens is 398 g/mol. The highest BCUT2D eigenvalue weighted by Gasteiger charge is 2.09. The van der Waals surface area contributed by atoms with Crippen molar-refractivity contribution in [3.05, 3.63) is 57.8 Å². The van der Waals surface area contributed by atoms with E-state index in [2.05, 4.69) is 31.5 Å². The second-order valence-corrected chi connectivity index (χ2v) is 6.49. The van der Waals surface area contributed by atoms with Gasteiger partial charge in [0.25, 0.3) is 11.8 Å².